The van der Waals surface area contributed by atoms with E-state index in [1.807, 2.05) is 38.1 Å². The summed E-state index contributed by atoms with van der Waals surface area (Å²) in [5.41, 5.74) is -0.226. The molecule has 2 nitrogen and oxygen atoms in total. The number of hydrogen-bond donors (Lipinski definition) is 0. The average Bonchev–Trinajstić information content (AvgIpc) is 2.34. The van der Waals surface area contributed by atoms with Crippen LogP contribution in [0.5, 0.6) is 0 Å². The molecule has 18 heavy (non-hydrogen) atoms. The SMILES string of the molecule is COC(C)(C)CCC(=O)CSc1cccc(Cl)c1. The van der Waals surface area contributed by atoms with Gasteiger partial charge >= 0.3 is 0 Å². The Morgan fingerprint density at radius 3 is 2.78 bits per heavy atom. The summed E-state index contributed by atoms with van der Waals surface area (Å²) in [6.45, 7) is 3.98. The van der Waals surface area contributed by atoms with E-state index in [0.717, 1.165) is 11.3 Å². The van der Waals surface area contributed by atoms with Crippen LogP contribution in [0.4, 0.5) is 0 Å². The van der Waals surface area contributed by atoms with E-state index < -0.39 is 0 Å². The van der Waals surface area contributed by atoms with Crippen LogP contribution in [-0.2, 0) is 9.53 Å². The highest BCUT2D eigenvalue weighted by Crippen LogP contribution is 2.23. The fourth-order valence-electron chi connectivity index (χ4n) is 1.34. The fourth-order valence-corrected chi connectivity index (χ4v) is 2.45. The Bertz CT molecular complexity index is 405. The molecule has 1 aromatic carbocycles. The minimum Gasteiger partial charge on any atom is -0.379 e. The van der Waals surface area contributed by atoms with Crippen LogP contribution in [0.25, 0.3) is 0 Å². The van der Waals surface area contributed by atoms with Crippen LogP contribution in [0.15, 0.2) is 29.2 Å². The number of rotatable bonds is 7. The highest BCUT2D eigenvalue weighted by Gasteiger charge is 2.17. The van der Waals surface area contributed by atoms with E-state index in [2.05, 4.69) is 0 Å². The molecule has 0 spiro atoms. The molecule has 0 amide bonds. The van der Waals surface area contributed by atoms with Gasteiger partial charge in [0.1, 0.15) is 5.78 Å². The van der Waals surface area contributed by atoms with Crippen molar-refractivity contribution in [3.63, 3.8) is 0 Å². The highest BCUT2D eigenvalue weighted by molar-refractivity contribution is 8.00. The first-order valence-corrected chi connectivity index (χ1v) is 7.24. The molecule has 0 atom stereocenters. The number of benzene rings is 1. The number of halogens is 1. The Balaban J connectivity index is 2.34. The number of thioether (sulfide) groups is 1. The van der Waals surface area contributed by atoms with Gasteiger partial charge in [-0.3, -0.25) is 4.79 Å². The van der Waals surface area contributed by atoms with E-state index in [0.29, 0.717) is 17.2 Å². The predicted molar refractivity (Wildman–Crippen MR) is 77.5 cm³/mol. The van der Waals surface area contributed by atoms with Crippen LogP contribution in [0.2, 0.25) is 5.02 Å². The van der Waals surface area contributed by atoms with Gasteiger partial charge in [0.25, 0.3) is 0 Å². The molecule has 0 N–H and O–H groups in total. The van der Waals surface area contributed by atoms with Gasteiger partial charge in [-0.25, -0.2) is 0 Å². The van der Waals surface area contributed by atoms with Crippen LogP contribution in [-0.4, -0.2) is 24.2 Å². The molecule has 0 unspecified atom stereocenters. The number of carbonyl (C=O) groups excluding carboxylic acids is 1. The molecule has 0 heterocycles. The van der Waals surface area contributed by atoms with E-state index in [4.69, 9.17) is 16.3 Å². The maximum atomic E-state index is 11.8. The first-order chi connectivity index (χ1) is 8.43. The maximum absolute atomic E-state index is 11.8. The first-order valence-electron chi connectivity index (χ1n) is 5.88. The lowest BCUT2D eigenvalue weighted by atomic mass is 10.0. The number of ketones is 1. The van der Waals surface area contributed by atoms with Gasteiger partial charge in [-0.15, -0.1) is 11.8 Å². The van der Waals surface area contributed by atoms with Gasteiger partial charge in [0, 0.05) is 23.4 Å². The van der Waals surface area contributed by atoms with Gasteiger partial charge in [0.2, 0.25) is 0 Å². The molecule has 0 aliphatic carbocycles. The molecule has 1 aromatic rings. The van der Waals surface area contributed by atoms with Crippen molar-refractivity contribution in [3.8, 4) is 0 Å². The lowest BCUT2D eigenvalue weighted by molar-refractivity contribution is -0.118. The lowest BCUT2D eigenvalue weighted by Gasteiger charge is -2.22. The van der Waals surface area contributed by atoms with Gasteiger partial charge in [0.15, 0.2) is 0 Å². The minimum atomic E-state index is -0.226. The van der Waals surface area contributed by atoms with Crippen molar-refractivity contribution >= 4 is 29.1 Å². The summed E-state index contributed by atoms with van der Waals surface area (Å²) >= 11 is 7.41. The molecule has 0 aliphatic heterocycles. The maximum Gasteiger partial charge on any atom is 0.143 e. The zero-order valence-corrected chi connectivity index (χ0v) is 12.6. The van der Waals surface area contributed by atoms with Crippen LogP contribution in [0.3, 0.4) is 0 Å². The molecule has 0 radical (unpaired) electrons. The van der Waals surface area contributed by atoms with Crippen LogP contribution in [0, 0.1) is 0 Å². The zero-order valence-electron chi connectivity index (χ0n) is 11.0. The smallest absolute Gasteiger partial charge is 0.143 e. The predicted octanol–water partition coefficient (Wildman–Crippen LogP) is 4.21. The topological polar surface area (TPSA) is 26.3 Å². The number of hydrogen-bond acceptors (Lipinski definition) is 3. The van der Waals surface area contributed by atoms with E-state index in [1.165, 1.54) is 11.8 Å². The van der Waals surface area contributed by atoms with Crippen molar-refractivity contribution < 1.29 is 9.53 Å². The Morgan fingerprint density at radius 1 is 1.44 bits per heavy atom. The molecule has 100 valence electrons. The molecule has 0 bridgehead atoms. The quantitative estimate of drug-likeness (QED) is 0.703. The normalized spacial score (nSPS) is 11.6. The molecule has 1 rings (SSSR count). The number of methoxy groups -OCH3 is 1. The summed E-state index contributed by atoms with van der Waals surface area (Å²) < 4.78 is 5.29. The van der Waals surface area contributed by atoms with Crippen molar-refractivity contribution in [1.82, 2.24) is 0 Å². The Hall–Kier alpha value is -0.510. The van der Waals surface area contributed by atoms with Gasteiger partial charge in [-0.1, -0.05) is 17.7 Å². The van der Waals surface area contributed by atoms with E-state index in [9.17, 15) is 4.79 Å². The van der Waals surface area contributed by atoms with Gasteiger partial charge < -0.3 is 4.74 Å². The molecule has 4 heteroatoms. The van der Waals surface area contributed by atoms with E-state index >= 15 is 0 Å². The number of carbonyl (C=O) groups is 1. The van der Waals surface area contributed by atoms with Crippen LogP contribution >= 0.6 is 23.4 Å². The highest BCUT2D eigenvalue weighted by atomic mass is 35.5. The molecular formula is C14H19ClO2S. The minimum absolute atomic E-state index is 0.226. The second-order valence-electron chi connectivity index (χ2n) is 4.75. The summed E-state index contributed by atoms with van der Waals surface area (Å²) in [6.07, 6.45) is 1.30. The van der Waals surface area contributed by atoms with E-state index in [-0.39, 0.29) is 11.4 Å². The third-order valence-corrected chi connectivity index (χ3v) is 4.04. The summed E-state index contributed by atoms with van der Waals surface area (Å²) in [5, 5.41) is 0.702. The van der Waals surface area contributed by atoms with Crippen LogP contribution < -0.4 is 0 Å². The van der Waals surface area contributed by atoms with Crippen LogP contribution in [0.1, 0.15) is 26.7 Å². The molecule has 0 saturated carbocycles. The molecule has 0 aromatic heterocycles. The average molecular weight is 287 g/mol. The largest absolute Gasteiger partial charge is 0.379 e. The summed E-state index contributed by atoms with van der Waals surface area (Å²) in [4.78, 5) is 12.8. The van der Waals surface area contributed by atoms with E-state index in [1.54, 1.807) is 7.11 Å². The van der Waals surface area contributed by atoms with Crippen molar-refractivity contribution in [3.05, 3.63) is 29.3 Å². The van der Waals surface area contributed by atoms with Crippen molar-refractivity contribution in [2.75, 3.05) is 12.9 Å². The van der Waals surface area contributed by atoms with Gasteiger partial charge in [-0.05, 0) is 38.5 Å². The number of ether oxygens (including phenoxy) is 1. The molecule has 0 saturated heterocycles. The van der Waals surface area contributed by atoms with Crippen molar-refractivity contribution in [1.29, 1.82) is 0 Å². The lowest BCUT2D eigenvalue weighted by Crippen LogP contribution is -2.23. The first kappa shape index (κ1) is 15.5. The fraction of sp³-hybridized carbons (Fsp3) is 0.500. The summed E-state index contributed by atoms with van der Waals surface area (Å²) in [5.74, 6) is 0.727. The molecular weight excluding hydrogens is 268 g/mol. The molecule has 0 fully saturated rings. The Labute approximate surface area is 118 Å². The third kappa shape index (κ3) is 5.89. The number of Topliss-reactive ketones (excluding diaryl/α,β-unsaturated/α-hetero) is 1. The second kappa shape index (κ2) is 7.17. The molecule has 0 aliphatic rings. The second-order valence-corrected chi connectivity index (χ2v) is 6.23. The van der Waals surface area contributed by atoms with Crippen molar-refractivity contribution in [2.24, 2.45) is 0 Å². The van der Waals surface area contributed by atoms with Gasteiger partial charge in [0.05, 0.1) is 11.4 Å². The zero-order chi connectivity index (χ0) is 13.6. The Kier molecular flexibility index (Phi) is 6.19. The third-order valence-electron chi connectivity index (χ3n) is 2.75. The Morgan fingerprint density at radius 2 is 2.17 bits per heavy atom. The van der Waals surface area contributed by atoms with Gasteiger partial charge in [-0.2, -0.15) is 0 Å². The summed E-state index contributed by atoms with van der Waals surface area (Å²) in [7, 11) is 1.67. The van der Waals surface area contributed by atoms with Crippen molar-refractivity contribution in [2.45, 2.75) is 37.2 Å². The monoisotopic (exact) mass is 286 g/mol. The standard InChI is InChI=1S/C14H19ClO2S/c1-14(2,17-3)8-7-12(16)10-18-13-6-4-5-11(15)9-13/h4-6,9H,7-8,10H2,1-3H3. The summed E-state index contributed by atoms with van der Waals surface area (Å²) in [6, 6.07) is 7.55.